The second-order valence-electron chi connectivity index (χ2n) is 9.14. The lowest BCUT2D eigenvalue weighted by Crippen LogP contribution is -2.41. The number of hydrogen-bond acceptors (Lipinski definition) is 2. The van der Waals surface area contributed by atoms with Gasteiger partial charge in [-0.1, -0.05) is 56.7 Å². The molecule has 0 aliphatic heterocycles. The zero-order chi connectivity index (χ0) is 20.1. The fourth-order valence-corrected chi connectivity index (χ4v) is 4.09. The van der Waals surface area contributed by atoms with Crippen molar-refractivity contribution >= 4 is 19.7 Å². The molecule has 2 aromatic carbocycles. The van der Waals surface area contributed by atoms with Crippen molar-refractivity contribution < 1.29 is 4.43 Å². The Balaban J connectivity index is 2.05. The second-order valence-corrected chi connectivity index (χ2v) is 14.0. The maximum Gasteiger partial charge on any atom is 0.191 e. The molecule has 1 atom stereocenters. The summed E-state index contributed by atoms with van der Waals surface area (Å²) in [5, 5.41) is 0.274. The molecule has 0 saturated carbocycles. The molecule has 0 spiro atoms. The van der Waals surface area contributed by atoms with Crippen LogP contribution in [-0.4, -0.2) is 21.0 Å². The van der Waals surface area contributed by atoms with Gasteiger partial charge in [0.2, 0.25) is 0 Å². The van der Waals surface area contributed by atoms with Gasteiger partial charge in [-0.2, -0.15) is 0 Å². The zero-order valence-corrected chi connectivity index (χ0v) is 19.3. The van der Waals surface area contributed by atoms with E-state index in [2.05, 4.69) is 107 Å². The number of aryl methyl sites for hydroxylation is 1. The Labute approximate surface area is 167 Å². The summed E-state index contributed by atoms with van der Waals surface area (Å²) in [5.74, 6) is 0. The van der Waals surface area contributed by atoms with Crippen LogP contribution >= 0.6 is 0 Å². The summed E-state index contributed by atoms with van der Waals surface area (Å²) in [6.07, 6.45) is 2.19. The van der Waals surface area contributed by atoms with Gasteiger partial charge in [-0.25, -0.2) is 0 Å². The lowest BCUT2D eigenvalue weighted by Gasteiger charge is -2.36. The van der Waals surface area contributed by atoms with E-state index in [0.29, 0.717) is 6.04 Å². The van der Waals surface area contributed by atoms with E-state index in [9.17, 15) is 0 Å². The molecule has 27 heavy (non-hydrogen) atoms. The van der Waals surface area contributed by atoms with Gasteiger partial charge in [-0.15, -0.1) is 0 Å². The molecule has 0 N–H and O–H groups in total. The number of benzene rings is 2. The van der Waals surface area contributed by atoms with Crippen LogP contribution in [0.3, 0.4) is 0 Å². The smallest absolute Gasteiger partial charge is 0.191 e. The van der Waals surface area contributed by atoms with Crippen molar-refractivity contribution in [1.82, 2.24) is 0 Å². The number of para-hydroxylation sites is 1. The molecule has 0 saturated heterocycles. The fraction of sp³-hybridized carbons (Fsp3) is 0.500. The normalized spacial score (nSPS) is 13.4. The van der Waals surface area contributed by atoms with Crippen LogP contribution in [0.15, 0.2) is 54.6 Å². The first-order valence-corrected chi connectivity index (χ1v) is 13.1. The molecular weight excluding hydrogens is 346 g/mol. The Kier molecular flexibility index (Phi) is 7.30. The minimum absolute atomic E-state index is 0.274. The maximum absolute atomic E-state index is 6.37. The molecule has 0 fully saturated rings. The number of rotatable bonds is 8. The first-order chi connectivity index (χ1) is 12.6. The monoisotopic (exact) mass is 383 g/mol. The van der Waals surface area contributed by atoms with Gasteiger partial charge in [0, 0.05) is 24.0 Å². The topological polar surface area (TPSA) is 12.5 Å². The zero-order valence-electron chi connectivity index (χ0n) is 18.3. The van der Waals surface area contributed by atoms with Crippen LogP contribution in [0.1, 0.15) is 46.1 Å². The minimum atomic E-state index is -1.65. The van der Waals surface area contributed by atoms with E-state index in [-0.39, 0.29) is 5.04 Å². The van der Waals surface area contributed by atoms with E-state index in [0.717, 1.165) is 19.4 Å². The van der Waals surface area contributed by atoms with Gasteiger partial charge >= 0.3 is 0 Å². The molecule has 0 heterocycles. The van der Waals surface area contributed by atoms with Crippen molar-refractivity contribution in [2.75, 3.05) is 11.5 Å². The van der Waals surface area contributed by atoms with Gasteiger partial charge in [0.1, 0.15) is 0 Å². The van der Waals surface area contributed by atoms with Gasteiger partial charge in [0.25, 0.3) is 0 Å². The molecule has 2 rings (SSSR count). The summed E-state index contributed by atoms with van der Waals surface area (Å²) in [4.78, 5) is 2.45. The molecule has 2 nitrogen and oxygen atoms in total. The van der Waals surface area contributed by atoms with Crippen LogP contribution in [0.4, 0.5) is 11.4 Å². The summed E-state index contributed by atoms with van der Waals surface area (Å²) in [6.45, 7) is 16.9. The van der Waals surface area contributed by atoms with Crippen molar-refractivity contribution in [2.45, 2.75) is 71.6 Å². The van der Waals surface area contributed by atoms with Crippen molar-refractivity contribution in [3.63, 3.8) is 0 Å². The minimum Gasteiger partial charge on any atom is -0.417 e. The third-order valence-corrected chi connectivity index (χ3v) is 10.4. The predicted molar refractivity (Wildman–Crippen MR) is 122 cm³/mol. The van der Waals surface area contributed by atoms with E-state index in [4.69, 9.17) is 4.43 Å². The maximum atomic E-state index is 6.37. The molecule has 3 heteroatoms. The van der Waals surface area contributed by atoms with Crippen LogP contribution in [0, 0.1) is 6.92 Å². The Hall–Kier alpha value is -1.58. The van der Waals surface area contributed by atoms with Crippen molar-refractivity contribution in [3.05, 3.63) is 60.2 Å². The van der Waals surface area contributed by atoms with Crippen molar-refractivity contribution in [3.8, 4) is 0 Å². The van der Waals surface area contributed by atoms with Crippen LogP contribution in [0.25, 0.3) is 0 Å². The third-order valence-electron chi connectivity index (χ3n) is 5.82. The highest BCUT2D eigenvalue weighted by Gasteiger charge is 2.36. The molecule has 2 aromatic rings. The lowest BCUT2D eigenvalue weighted by molar-refractivity contribution is 0.276. The Morgan fingerprint density at radius 1 is 0.926 bits per heavy atom. The van der Waals surface area contributed by atoms with Crippen molar-refractivity contribution in [1.29, 1.82) is 0 Å². The highest BCUT2D eigenvalue weighted by molar-refractivity contribution is 6.74. The Morgan fingerprint density at radius 2 is 1.48 bits per heavy atom. The van der Waals surface area contributed by atoms with Crippen molar-refractivity contribution in [2.24, 2.45) is 0 Å². The number of hydrogen-bond donors (Lipinski definition) is 0. The standard InChI is InChI=1S/C24H37NOSi/c1-20-15-17-23(18-16-20)25(22-13-9-8-10-14-22)21(2)12-11-19-26-27(6,7)24(3,4)5/h8-10,13-18,21H,11-12,19H2,1-7H3. The average molecular weight is 384 g/mol. The molecule has 0 amide bonds. The fourth-order valence-electron chi connectivity index (χ4n) is 3.00. The molecule has 0 aromatic heterocycles. The second kappa shape index (κ2) is 9.07. The first kappa shape index (κ1) is 21.7. The van der Waals surface area contributed by atoms with Gasteiger partial charge < -0.3 is 9.33 Å². The summed E-state index contributed by atoms with van der Waals surface area (Å²) in [5.41, 5.74) is 3.80. The third kappa shape index (κ3) is 5.95. The van der Waals surface area contributed by atoms with Crippen LogP contribution in [-0.2, 0) is 4.43 Å². The van der Waals surface area contributed by atoms with E-state index in [1.165, 1.54) is 16.9 Å². The summed E-state index contributed by atoms with van der Waals surface area (Å²) >= 11 is 0. The van der Waals surface area contributed by atoms with Gasteiger partial charge in [-0.3, -0.25) is 0 Å². The van der Waals surface area contributed by atoms with Crippen LogP contribution in [0.2, 0.25) is 18.1 Å². The number of anilines is 2. The molecule has 0 bridgehead atoms. The largest absolute Gasteiger partial charge is 0.417 e. The predicted octanol–water partition coefficient (Wildman–Crippen LogP) is 7.32. The lowest BCUT2D eigenvalue weighted by atomic mass is 10.1. The molecular formula is C24H37NOSi. The highest BCUT2D eigenvalue weighted by atomic mass is 28.4. The van der Waals surface area contributed by atoms with E-state index < -0.39 is 8.32 Å². The summed E-state index contributed by atoms with van der Waals surface area (Å²) in [6, 6.07) is 20.0. The summed E-state index contributed by atoms with van der Waals surface area (Å²) in [7, 11) is -1.65. The first-order valence-electron chi connectivity index (χ1n) is 10.2. The molecule has 0 radical (unpaired) electrons. The van der Waals surface area contributed by atoms with E-state index >= 15 is 0 Å². The molecule has 0 aliphatic carbocycles. The number of nitrogens with zero attached hydrogens (tertiary/aromatic N) is 1. The van der Waals surface area contributed by atoms with Gasteiger partial charge in [-0.05, 0) is 69.1 Å². The highest BCUT2D eigenvalue weighted by Crippen LogP contribution is 2.36. The SMILES string of the molecule is Cc1ccc(N(c2ccccc2)C(C)CCCO[Si](C)(C)C(C)(C)C)cc1. The molecule has 1 unspecified atom stereocenters. The average Bonchev–Trinajstić information content (AvgIpc) is 2.61. The van der Waals surface area contributed by atoms with E-state index in [1.54, 1.807) is 0 Å². The van der Waals surface area contributed by atoms with Crippen LogP contribution in [0.5, 0.6) is 0 Å². The van der Waals surface area contributed by atoms with Crippen LogP contribution < -0.4 is 4.90 Å². The Bertz CT molecular complexity index is 689. The Morgan fingerprint density at radius 3 is 2.04 bits per heavy atom. The summed E-state index contributed by atoms with van der Waals surface area (Å²) < 4.78 is 6.37. The van der Waals surface area contributed by atoms with Gasteiger partial charge in [0.15, 0.2) is 8.32 Å². The van der Waals surface area contributed by atoms with Gasteiger partial charge in [0.05, 0.1) is 0 Å². The quantitative estimate of drug-likeness (QED) is 0.349. The molecule has 148 valence electrons. The molecule has 0 aliphatic rings. The van der Waals surface area contributed by atoms with E-state index in [1.807, 2.05) is 0 Å².